The number of carbonyl (C=O) groups is 1. The minimum atomic E-state index is -1.74. The Labute approximate surface area is 187 Å². The molecule has 2 aliphatic rings. The SMILES string of the molecule is CC(=O)c1c(O)cc(O[C@H]2O[C@@H](CO)[C@@H](O)[C@@H](O)[C@H]2O[C@@H]2O[C@H](C)[C@H](O)[C@H](O)[C@@H]2O)cc1O. The van der Waals surface area contributed by atoms with Crippen molar-refractivity contribution in [3.63, 3.8) is 0 Å². The van der Waals surface area contributed by atoms with E-state index in [1.54, 1.807) is 0 Å². The molecule has 0 bridgehead atoms. The molecule has 2 aliphatic heterocycles. The van der Waals surface area contributed by atoms with Crippen LogP contribution in [-0.2, 0) is 14.2 Å². The van der Waals surface area contributed by atoms with E-state index in [-0.39, 0.29) is 11.3 Å². The van der Waals surface area contributed by atoms with Gasteiger partial charge in [0.05, 0.1) is 12.7 Å². The van der Waals surface area contributed by atoms with Crippen LogP contribution in [0.2, 0.25) is 0 Å². The summed E-state index contributed by atoms with van der Waals surface area (Å²) < 4.78 is 21.9. The Morgan fingerprint density at radius 2 is 1.52 bits per heavy atom. The number of hydrogen-bond donors (Lipinski definition) is 8. The van der Waals surface area contributed by atoms with Gasteiger partial charge in [0.2, 0.25) is 6.29 Å². The number of phenols is 2. The average Bonchev–Trinajstić information content (AvgIpc) is 2.74. The summed E-state index contributed by atoms with van der Waals surface area (Å²) in [4.78, 5) is 11.6. The maximum atomic E-state index is 11.6. The van der Waals surface area contributed by atoms with Gasteiger partial charge >= 0.3 is 0 Å². The normalized spacial score (nSPS) is 39.3. The Kier molecular flexibility index (Phi) is 7.78. The van der Waals surface area contributed by atoms with Crippen molar-refractivity contribution in [3.05, 3.63) is 17.7 Å². The molecule has 3 rings (SSSR count). The summed E-state index contributed by atoms with van der Waals surface area (Å²) in [5.74, 6) is -2.02. The Hall–Kier alpha value is -2.07. The Morgan fingerprint density at radius 3 is 2.06 bits per heavy atom. The number of benzene rings is 1. The summed E-state index contributed by atoms with van der Waals surface area (Å²) in [5, 5.41) is 80.4. The van der Waals surface area contributed by atoms with Crippen molar-refractivity contribution in [3.8, 4) is 17.2 Å². The minimum Gasteiger partial charge on any atom is -0.507 e. The molecular weight excluding hydrogens is 448 g/mol. The summed E-state index contributed by atoms with van der Waals surface area (Å²) in [5.41, 5.74) is -0.344. The van der Waals surface area contributed by atoms with Crippen LogP contribution in [0.4, 0.5) is 0 Å². The van der Waals surface area contributed by atoms with Gasteiger partial charge < -0.3 is 59.8 Å². The quantitative estimate of drug-likeness (QED) is 0.197. The number of aliphatic hydroxyl groups is 6. The van der Waals surface area contributed by atoms with E-state index in [0.29, 0.717) is 0 Å². The Bertz CT molecular complexity index is 824. The molecule has 1 aromatic rings. The summed E-state index contributed by atoms with van der Waals surface area (Å²) >= 11 is 0. The van der Waals surface area contributed by atoms with Crippen LogP contribution in [0.15, 0.2) is 12.1 Å². The number of aliphatic hydroxyl groups excluding tert-OH is 6. The van der Waals surface area contributed by atoms with Gasteiger partial charge in [0.25, 0.3) is 0 Å². The van der Waals surface area contributed by atoms with Crippen molar-refractivity contribution < 1.29 is 64.6 Å². The first-order valence-electron chi connectivity index (χ1n) is 10.2. The highest BCUT2D eigenvalue weighted by atomic mass is 16.8. The first kappa shape index (κ1) is 25.6. The molecule has 33 heavy (non-hydrogen) atoms. The van der Waals surface area contributed by atoms with E-state index >= 15 is 0 Å². The molecule has 0 spiro atoms. The molecule has 0 unspecified atom stereocenters. The van der Waals surface area contributed by atoms with Crippen LogP contribution in [0.1, 0.15) is 24.2 Å². The number of hydrogen-bond acceptors (Lipinski definition) is 13. The van der Waals surface area contributed by atoms with Gasteiger partial charge in [0, 0.05) is 12.1 Å². The number of ketones is 1. The van der Waals surface area contributed by atoms with Gasteiger partial charge in [-0.15, -0.1) is 0 Å². The predicted molar refractivity (Wildman–Crippen MR) is 105 cm³/mol. The highest BCUT2D eigenvalue weighted by Gasteiger charge is 2.50. The molecule has 2 heterocycles. The Morgan fingerprint density at radius 1 is 0.909 bits per heavy atom. The molecular formula is C20H28O13. The maximum Gasteiger partial charge on any atom is 0.229 e. The van der Waals surface area contributed by atoms with Gasteiger partial charge in [-0.3, -0.25) is 4.79 Å². The lowest BCUT2D eigenvalue weighted by Gasteiger charge is -2.45. The monoisotopic (exact) mass is 476 g/mol. The molecule has 2 saturated heterocycles. The molecule has 0 aromatic heterocycles. The first-order valence-corrected chi connectivity index (χ1v) is 10.2. The number of phenolic OH excluding ortho intramolecular Hbond substituents is 2. The second-order valence-electron chi connectivity index (χ2n) is 8.00. The first-order chi connectivity index (χ1) is 15.5. The van der Waals surface area contributed by atoms with Gasteiger partial charge in [-0.2, -0.15) is 0 Å². The highest BCUT2D eigenvalue weighted by molar-refractivity contribution is 5.99. The third kappa shape index (κ3) is 5.06. The van der Waals surface area contributed by atoms with Crippen LogP contribution in [0, 0.1) is 0 Å². The van der Waals surface area contributed by atoms with E-state index in [1.807, 2.05) is 0 Å². The number of aromatic hydroxyl groups is 2. The number of ether oxygens (including phenoxy) is 4. The zero-order valence-corrected chi connectivity index (χ0v) is 17.8. The van der Waals surface area contributed by atoms with E-state index in [4.69, 9.17) is 18.9 Å². The predicted octanol–water partition coefficient (Wildman–Crippen LogP) is -2.67. The third-order valence-electron chi connectivity index (χ3n) is 5.60. The van der Waals surface area contributed by atoms with Crippen molar-refractivity contribution in [2.24, 2.45) is 0 Å². The van der Waals surface area contributed by atoms with Crippen LogP contribution >= 0.6 is 0 Å². The summed E-state index contributed by atoms with van der Waals surface area (Å²) in [6.07, 6.45) is -15.2. The van der Waals surface area contributed by atoms with Crippen LogP contribution in [0.5, 0.6) is 17.2 Å². The van der Waals surface area contributed by atoms with Gasteiger partial charge in [0.15, 0.2) is 18.2 Å². The number of rotatable bonds is 6. The zero-order valence-electron chi connectivity index (χ0n) is 17.8. The lowest BCUT2D eigenvalue weighted by molar-refractivity contribution is -0.354. The van der Waals surface area contributed by atoms with E-state index in [9.17, 15) is 45.6 Å². The molecule has 13 heteroatoms. The fourth-order valence-electron chi connectivity index (χ4n) is 3.73. The molecule has 8 N–H and O–H groups in total. The molecule has 13 nitrogen and oxygen atoms in total. The van der Waals surface area contributed by atoms with Crippen LogP contribution < -0.4 is 4.74 Å². The fraction of sp³-hybridized carbons (Fsp3) is 0.650. The van der Waals surface area contributed by atoms with Gasteiger partial charge in [-0.1, -0.05) is 0 Å². The molecule has 0 aliphatic carbocycles. The smallest absolute Gasteiger partial charge is 0.229 e. The van der Waals surface area contributed by atoms with Gasteiger partial charge in [-0.25, -0.2) is 0 Å². The van der Waals surface area contributed by atoms with Gasteiger partial charge in [-0.05, 0) is 13.8 Å². The second kappa shape index (κ2) is 10.0. The number of Topliss-reactive ketones (excluding diaryl/α,β-unsaturated/α-hetero) is 1. The maximum absolute atomic E-state index is 11.6. The molecule has 1 aromatic carbocycles. The van der Waals surface area contributed by atoms with Crippen LogP contribution in [0.25, 0.3) is 0 Å². The van der Waals surface area contributed by atoms with E-state index < -0.39 is 85.3 Å². The van der Waals surface area contributed by atoms with Crippen LogP contribution in [0.3, 0.4) is 0 Å². The lowest BCUT2D eigenvalue weighted by atomic mass is 9.97. The highest BCUT2D eigenvalue weighted by Crippen LogP contribution is 2.35. The molecule has 10 atom stereocenters. The largest absolute Gasteiger partial charge is 0.507 e. The summed E-state index contributed by atoms with van der Waals surface area (Å²) in [6.45, 7) is 1.83. The van der Waals surface area contributed by atoms with Crippen LogP contribution in [-0.4, -0.2) is 115 Å². The molecule has 0 radical (unpaired) electrons. The average molecular weight is 476 g/mol. The standard InChI is InChI=1S/C20H28O13/c1-6(22)12-9(23)3-8(4-10(12)24)31-20-18(16(28)14(26)11(5-21)32-20)33-19-17(29)15(27)13(25)7(2)30-19/h3-4,7,11,13-21,23-29H,5H2,1-2H3/t7-,11+,13+,14-,15+,16-,17+,18-,19+,20+/m1/s1. The van der Waals surface area contributed by atoms with Crippen molar-refractivity contribution >= 4 is 5.78 Å². The summed E-state index contributed by atoms with van der Waals surface area (Å²) in [7, 11) is 0. The topological polar surface area (TPSA) is 216 Å². The van der Waals surface area contributed by atoms with Crippen molar-refractivity contribution in [1.82, 2.24) is 0 Å². The lowest BCUT2D eigenvalue weighted by Crippen LogP contribution is -2.64. The fourth-order valence-corrected chi connectivity index (χ4v) is 3.73. The molecule has 2 fully saturated rings. The Balaban J connectivity index is 1.88. The van der Waals surface area contributed by atoms with Gasteiger partial charge in [0.1, 0.15) is 59.4 Å². The molecule has 0 amide bonds. The molecule has 186 valence electrons. The number of carbonyl (C=O) groups excluding carboxylic acids is 1. The zero-order chi connectivity index (χ0) is 24.6. The molecule has 0 saturated carbocycles. The van der Waals surface area contributed by atoms with E-state index in [0.717, 1.165) is 19.1 Å². The van der Waals surface area contributed by atoms with E-state index in [1.165, 1.54) is 6.92 Å². The second-order valence-corrected chi connectivity index (χ2v) is 8.00. The van der Waals surface area contributed by atoms with Crippen molar-refractivity contribution in [2.45, 2.75) is 75.3 Å². The van der Waals surface area contributed by atoms with Crippen molar-refractivity contribution in [2.75, 3.05) is 6.61 Å². The van der Waals surface area contributed by atoms with E-state index in [2.05, 4.69) is 0 Å². The summed E-state index contributed by atoms with van der Waals surface area (Å²) in [6, 6.07) is 1.99. The van der Waals surface area contributed by atoms with Crippen molar-refractivity contribution in [1.29, 1.82) is 0 Å². The minimum absolute atomic E-state index is 0.220. The third-order valence-corrected chi connectivity index (χ3v) is 5.60.